The van der Waals surface area contributed by atoms with E-state index >= 15 is 0 Å². The zero-order valence-corrected chi connectivity index (χ0v) is 14.8. The number of carbonyl (C=O) groups is 2. The molecule has 0 radical (unpaired) electrons. The summed E-state index contributed by atoms with van der Waals surface area (Å²) in [7, 11) is 0. The molecule has 3 amide bonds. The van der Waals surface area contributed by atoms with Crippen molar-refractivity contribution in [2.24, 2.45) is 0 Å². The van der Waals surface area contributed by atoms with Crippen LogP contribution in [-0.2, 0) is 9.53 Å². The van der Waals surface area contributed by atoms with Crippen molar-refractivity contribution in [3.63, 3.8) is 0 Å². The second-order valence-electron chi connectivity index (χ2n) is 6.49. The first-order valence-electron chi connectivity index (χ1n) is 8.98. The van der Waals surface area contributed by atoms with E-state index in [0.717, 1.165) is 12.8 Å². The van der Waals surface area contributed by atoms with Crippen molar-refractivity contribution in [3.05, 3.63) is 31.0 Å². The molecule has 0 unspecified atom stereocenters. The van der Waals surface area contributed by atoms with Crippen molar-refractivity contribution in [2.75, 3.05) is 38.1 Å². The predicted molar refractivity (Wildman–Crippen MR) is 95.3 cm³/mol. The third kappa shape index (κ3) is 3.90. The molecule has 10 nitrogen and oxygen atoms in total. The van der Waals surface area contributed by atoms with Crippen LogP contribution in [-0.4, -0.2) is 80.4 Å². The van der Waals surface area contributed by atoms with Gasteiger partial charge >= 0.3 is 6.03 Å². The van der Waals surface area contributed by atoms with E-state index < -0.39 is 0 Å². The number of anilines is 1. The SMILES string of the molecule is O=C(Nc1ccc(-n2cncn2)nc1)N1CCN(C(=O)[C@@H]2CCCO2)CC1. The number of nitrogens with zero attached hydrogens (tertiary/aromatic N) is 6. The third-order valence-corrected chi connectivity index (χ3v) is 4.74. The molecule has 2 aliphatic rings. The van der Waals surface area contributed by atoms with E-state index in [1.54, 1.807) is 34.5 Å². The van der Waals surface area contributed by atoms with E-state index in [9.17, 15) is 9.59 Å². The van der Waals surface area contributed by atoms with Crippen LogP contribution in [0.3, 0.4) is 0 Å². The maximum atomic E-state index is 12.4. The van der Waals surface area contributed by atoms with Gasteiger partial charge in [0.05, 0.1) is 11.9 Å². The Kier molecular flexibility index (Phi) is 4.97. The molecule has 2 aliphatic heterocycles. The quantitative estimate of drug-likeness (QED) is 0.843. The molecule has 27 heavy (non-hydrogen) atoms. The fraction of sp³-hybridized carbons (Fsp3) is 0.471. The first-order chi connectivity index (χ1) is 13.2. The highest BCUT2D eigenvalue weighted by atomic mass is 16.5. The lowest BCUT2D eigenvalue weighted by atomic mass is 10.2. The second-order valence-corrected chi connectivity index (χ2v) is 6.49. The van der Waals surface area contributed by atoms with Gasteiger partial charge in [0.1, 0.15) is 18.8 Å². The molecular formula is C17H21N7O3. The summed E-state index contributed by atoms with van der Waals surface area (Å²) in [5.74, 6) is 0.659. The molecule has 2 fully saturated rings. The highest BCUT2D eigenvalue weighted by molar-refractivity contribution is 5.89. The minimum Gasteiger partial charge on any atom is -0.368 e. The summed E-state index contributed by atoms with van der Waals surface area (Å²) in [5, 5.41) is 6.84. The molecule has 4 rings (SSSR count). The van der Waals surface area contributed by atoms with Crippen molar-refractivity contribution >= 4 is 17.6 Å². The lowest BCUT2D eigenvalue weighted by Gasteiger charge is -2.35. The Morgan fingerprint density at radius 2 is 1.96 bits per heavy atom. The highest BCUT2D eigenvalue weighted by Gasteiger charge is 2.31. The van der Waals surface area contributed by atoms with Crippen LogP contribution in [0, 0.1) is 0 Å². The van der Waals surface area contributed by atoms with Crippen molar-refractivity contribution < 1.29 is 14.3 Å². The summed E-state index contributed by atoms with van der Waals surface area (Å²) in [5.41, 5.74) is 0.599. The number of hydrogen-bond donors (Lipinski definition) is 1. The minimum atomic E-state index is -0.306. The number of carbonyl (C=O) groups excluding carboxylic acids is 2. The maximum Gasteiger partial charge on any atom is 0.322 e. The Hall–Kier alpha value is -3.01. The number of aromatic nitrogens is 4. The molecule has 0 saturated carbocycles. The number of urea groups is 1. The van der Waals surface area contributed by atoms with E-state index in [4.69, 9.17) is 4.74 Å². The van der Waals surface area contributed by atoms with Gasteiger partial charge in [-0.3, -0.25) is 4.79 Å². The Bertz CT molecular complexity index is 779. The number of nitrogens with one attached hydrogen (secondary N) is 1. The number of amides is 3. The molecular weight excluding hydrogens is 350 g/mol. The number of ether oxygens (including phenoxy) is 1. The molecule has 0 aromatic carbocycles. The molecule has 0 spiro atoms. The van der Waals surface area contributed by atoms with Gasteiger partial charge in [0.15, 0.2) is 5.82 Å². The molecule has 2 aromatic heterocycles. The summed E-state index contributed by atoms with van der Waals surface area (Å²) in [4.78, 5) is 36.4. The summed E-state index contributed by atoms with van der Waals surface area (Å²) in [6.45, 7) is 2.69. The van der Waals surface area contributed by atoms with Gasteiger partial charge in [-0.15, -0.1) is 0 Å². The van der Waals surface area contributed by atoms with Gasteiger partial charge in [-0.2, -0.15) is 5.10 Å². The first-order valence-corrected chi connectivity index (χ1v) is 8.98. The van der Waals surface area contributed by atoms with Crippen molar-refractivity contribution in [2.45, 2.75) is 18.9 Å². The Balaban J connectivity index is 1.28. The number of hydrogen-bond acceptors (Lipinski definition) is 6. The molecule has 10 heteroatoms. The topological polar surface area (TPSA) is 105 Å². The molecule has 142 valence electrons. The molecule has 1 N–H and O–H groups in total. The van der Waals surface area contributed by atoms with Gasteiger partial charge in [0.25, 0.3) is 5.91 Å². The van der Waals surface area contributed by atoms with Crippen LogP contribution in [0.5, 0.6) is 0 Å². The monoisotopic (exact) mass is 371 g/mol. The molecule has 4 heterocycles. The fourth-order valence-electron chi connectivity index (χ4n) is 3.23. The number of rotatable bonds is 3. The van der Waals surface area contributed by atoms with Gasteiger partial charge in [-0.25, -0.2) is 19.4 Å². The van der Waals surface area contributed by atoms with Crippen LogP contribution >= 0.6 is 0 Å². The van der Waals surface area contributed by atoms with Crippen LogP contribution in [0.15, 0.2) is 31.0 Å². The highest BCUT2D eigenvalue weighted by Crippen LogP contribution is 2.16. The average Bonchev–Trinajstić information content (AvgIpc) is 3.42. The van der Waals surface area contributed by atoms with Gasteiger partial charge in [-0.05, 0) is 25.0 Å². The third-order valence-electron chi connectivity index (χ3n) is 4.74. The summed E-state index contributed by atoms with van der Waals surface area (Å²) in [6.07, 6.45) is 5.98. The van der Waals surface area contributed by atoms with E-state index in [0.29, 0.717) is 44.3 Å². The lowest BCUT2D eigenvalue weighted by Crippen LogP contribution is -2.53. The van der Waals surface area contributed by atoms with Crippen molar-refractivity contribution in [3.8, 4) is 5.82 Å². The summed E-state index contributed by atoms with van der Waals surface area (Å²) < 4.78 is 6.99. The van der Waals surface area contributed by atoms with Crippen LogP contribution in [0.2, 0.25) is 0 Å². The molecule has 2 aromatic rings. The standard InChI is InChI=1S/C17H21N7O3/c25-16(14-2-1-9-27-14)22-5-7-23(8-6-22)17(26)21-13-3-4-15(19-10-13)24-12-18-11-20-24/h3-4,10-12,14H,1-2,5-9H2,(H,21,26)/t14-/m0/s1. The van der Waals surface area contributed by atoms with E-state index in [1.807, 2.05) is 0 Å². The number of piperazine rings is 1. The van der Waals surface area contributed by atoms with Gasteiger partial charge in [-0.1, -0.05) is 0 Å². The molecule has 2 saturated heterocycles. The maximum absolute atomic E-state index is 12.4. The lowest BCUT2D eigenvalue weighted by molar-refractivity contribution is -0.142. The smallest absolute Gasteiger partial charge is 0.322 e. The number of pyridine rings is 1. The average molecular weight is 371 g/mol. The largest absolute Gasteiger partial charge is 0.368 e. The zero-order chi connectivity index (χ0) is 18.6. The summed E-state index contributed by atoms with van der Waals surface area (Å²) in [6, 6.07) is 3.32. The van der Waals surface area contributed by atoms with Gasteiger partial charge < -0.3 is 19.9 Å². The van der Waals surface area contributed by atoms with E-state index in [2.05, 4.69) is 20.4 Å². The van der Waals surface area contributed by atoms with E-state index in [-0.39, 0.29) is 18.0 Å². The summed E-state index contributed by atoms with van der Waals surface area (Å²) >= 11 is 0. The predicted octanol–water partition coefficient (Wildman–Crippen LogP) is 0.517. The van der Waals surface area contributed by atoms with Crippen LogP contribution in [0.1, 0.15) is 12.8 Å². The Morgan fingerprint density at radius 3 is 2.59 bits per heavy atom. The van der Waals surface area contributed by atoms with E-state index in [1.165, 1.54) is 11.0 Å². The molecule has 0 aliphatic carbocycles. The van der Waals surface area contributed by atoms with Gasteiger partial charge in [0.2, 0.25) is 0 Å². The zero-order valence-electron chi connectivity index (χ0n) is 14.8. The van der Waals surface area contributed by atoms with Crippen molar-refractivity contribution in [1.82, 2.24) is 29.5 Å². The Morgan fingerprint density at radius 1 is 1.15 bits per heavy atom. The second kappa shape index (κ2) is 7.70. The first kappa shape index (κ1) is 17.4. The normalized spacial score (nSPS) is 19.9. The van der Waals surface area contributed by atoms with Crippen LogP contribution in [0.4, 0.5) is 10.5 Å². The molecule has 1 atom stereocenters. The van der Waals surface area contributed by atoms with Gasteiger partial charge in [0, 0.05) is 32.8 Å². The fourth-order valence-corrected chi connectivity index (χ4v) is 3.23. The van der Waals surface area contributed by atoms with Crippen LogP contribution in [0.25, 0.3) is 5.82 Å². The van der Waals surface area contributed by atoms with Crippen LogP contribution < -0.4 is 5.32 Å². The molecule has 0 bridgehead atoms. The van der Waals surface area contributed by atoms with Crippen molar-refractivity contribution in [1.29, 1.82) is 0 Å². The minimum absolute atomic E-state index is 0.0421. The Labute approximate surface area is 156 Å².